The van der Waals surface area contributed by atoms with E-state index in [0.717, 1.165) is 31.9 Å². The van der Waals surface area contributed by atoms with Crippen LogP contribution in [-0.2, 0) is 14.4 Å². The number of carbonyl (C=O) groups excluding carboxylic acids is 1. The monoisotopic (exact) mass is 318 g/mol. The molecule has 7 heteroatoms. The first-order valence-electron chi connectivity index (χ1n) is 8.30. The number of rotatable bonds is 3. The van der Waals surface area contributed by atoms with Crippen molar-refractivity contribution in [3.8, 4) is 0 Å². The second-order valence-corrected chi connectivity index (χ2v) is 6.72. The number of fused-ring (bicyclic) bond motifs is 1. The van der Waals surface area contributed by atoms with E-state index in [-0.39, 0.29) is 11.3 Å². The van der Waals surface area contributed by atoms with Gasteiger partial charge in [0.05, 0.1) is 19.8 Å². The van der Waals surface area contributed by atoms with Gasteiger partial charge in [-0.2, -0.15) is 0 Å². The molecule has 1 aromatic rings. The summed E-state index contributed by atoms with van der Waals surface area (Å²) < 4.78 is 5.71. The van der Waals surface area contributed by atoms with E-state index in [1.807, 2.05) is 6.07 Å². The molecule has 0 saturated carbocycles. The van der Waals surface area contributed by atoms with Gasteiger partial charge in [-0.1, -0.05) is 0 Å². The molecule has 3 aliphatic rings. The fourth-order valence-electron chi connectivity index (χ4n) is 3.87. The lowest BCUT2D eigenvalue weighted by molar-refractivity contribution is -0.199. The van der Waals surface area contributed by atoms with E-state index in [1.54, 1.807) is 17.5 Å². The predicted octanol–water partition coefficient (Wildman–Crippen LogP) is 0.873. The first-order valence-corrected chi connectivity index (χ1v) is 8.30. The molecule has 2 atom stereocenters. The molecule has 0 unspecified atom stereocenters. The molecule has 4 heterocycles. The van der Waals surface area contributed by atoms with Gasteiger partial charge in [0.2, 0.25) is 11.9 Å². The molecule has 1 amide bonds. The van der Waals surface area contributed by atoms with Crippen molar-refractivity contribution in [3.63, 3.8) is 0 Å². The molecule has 124 valence electrons. The van der Waals surface area contributed by atoms with Gasteiger partial charge in [-0.25, -0.2) is 15.0 Å². The summed E-state index contributed by atoms with van der Waals surface area (Å²) in [6.07, 6.45) is 6.03. The minimum atomic E-state index is -0.142. The Morgan fingerprint density at radius 3 is 3.00 bits per heavy atom. The van der Waals surface area contributed by atoms with Crippen molar-refractivity contribution >= 4 is 11.9 Å². The zero-order chi connectivity index (χ0) is 15.7. The normalized spacial score (nSPS) is 30.5. The largest absolute Gasteiger partial charge is 0.380 e. The average molecular weight is 318 g/mol. The third-order valence-electron chi connectivity index (χ3n) is 5.14. The molecule has 4 rings (SSSR count). The van der Waals surface area contributed by atoms with Crippen molar-refractivity contribution in [2.24, 2.45) is 11.3 Å². The van der Waals surface area contributed by atoms with Crippen molar-refractivity contribution in [2.75, 3.05) is 44.4 Å². The lowest BCUT2D eigenvalue weighted by Crippen LogP contribution is -2.42. The summed E-state index contributed by atoms with van der Waals surface area (Å²) >= 11 is 0. The van der Waals surface area contributed by atoms with E-state index in [1.165, 1.54) is 0 Å². The molecular formula is C16H22N4O3. The zero-order valence-electron chi connectivity index (χ0n) is 13.2. The van der Waals surface area contributed by atoms with Crippen LogP contribution in [0.3, 0.4) is 0 Å². The fraction of sp³-hybridized carbons (Fsp3) is 0.688. The van der Waals surface area contributed by atoms with Crippen LogP contribution in [0, 0.1) is 11.3 Å². The van der Waals surface area contributed by atoms with Gasteiger partial charge in [0.1, 0.15) is 0 Å². The number of nitrogens with zero attached hydrogens (tertiary/aromatic N) is 4. The van der Waals surface area contributed by atoms with E-state index in [9.17, 15) is 4.79 Å². The van der Waals surface area contributed by atoms with Crippen molar-refractivity contribution in [2.45, 2.75) is 19.3 Å². The number of hydrogen-bond acceptors (Lipinski definition) is 6. The Bertz CT molecular complexity index is 564. The standard InChI is InChI=1S/C16H22N4O3/c21-14(20-6-1-2-7-23-20)8-16-11-19(9-13(16)10-22-12-16)15-17-4-3-5-18-15/h3-5,13H,1-2,6-12H2/t13-,16+/m1/s1. The summed E-state index contributed by atoms with van der Waals surface area (Å²) in [7, 11) is 0. The van der Waals surface area contributed by atoms with Crippen LogP contribution in [0.25, 0.3) is 0 Å². The molecule has 0 radical (unpaired) electrons. The van der Waals surface area contributed by atoms with Crippen molar-refractivity contribution in [3.05, 3.63) is 18.5 Å². The minimum Gasteiger partial charge on any atom is -0.380 e. The number of carbonyl (C=O) groups is 1. The van der Waals surface area contributed by atoms with Crippen LogP contribution in [0.5, 0.6) is 0 Å². The summed E-state index contributed by atoms with van der Waals surface area (Å²) in [5, 5.41) is 1.55. The van der Waals surface area contributed by atoms with Crippen LogP contribution in [0.2, 0.25) is 0 Å². The van der Waals surface area contributed by atoms with Gasteiger partial charge < -0.3 is 9.64 Å². The van der Waals surface area contributed by atoms with E-state index in [0.29, 0.717) is 38.7 Å². The van der Waals surface area contributed by atoms with E-state index in [4.69, 9.17) is 9.57 Å². The molecule has 1 aromatic heterocycles. The predicted molar refractivity (Wildman–Crippen MR) is 82.5 cm³/mol. The lowest BCUT2D eigenvalue weighted by Gasteiger charge is -2.31. The lowest BCUT2D eigenvalue weighted by atomic mass is 9.78. The molecule has 3 saturated heterocycles. The summed E-state index contributed by atoms with van der Waals surface area (Å²) in [5.74, 6) is 1.17. The molecule has 0 spiro atoms. The van der Waals surface area contributed by atoms with Gasteiger partial charge in [-0.15, -0.1) is 0 Å². The van der Waals surface area contributed by atoms with Gasteiger partial charge in [0.25, 0.3) is 0 Å². The molecule has 3 aliphatic heterocycles. The second-order valence-electron chi connectivity index (χ2n) is 6.72. The third kappa shape index (κ3) is 2.79. The first kappa shape index (κ1) is 14.8. The molecule has 0 aromatic carbocycles. The van der Waals surface area contributed by atoms with Gasteiger partial charge in [-0.05, 0) is 18.9 Å². The van der Waals surface area contributed by atoms with Crippen LogP contribution in [0.1, 0.15) is 19.3 Å². The number of ether oxygens (including phenoxy) is 1. The van der Waals surface area contributed by atoms with Crippen LogP contribution in [0.15, 0.2) is 18.5 Å². The van der Waals surface area contributed by atoms with E-state index < -0.39 is 0 Å². The van der Waals surface area contributed by atoms with Crippen LogP contribution >= 0.6 is 0 Å². The summed E-state index contributed by atoms with van der Waals surface area (Å²) in [4.78, 5) is 29.0. The van der Waals surface area contributed by atoms with Crippen molar-refractivity contribution in [1.29, 1.82) is 0 Å². The maximum absolute atomic E-state index is 12.6. The minimum absolute atomic E-state index is 0.0797. The zero-order valence-corrected chi connectivity index (χ0v) is 13.2. The summed E-state index contributed by atoms with van der Waals surface area (Å²) in [6, 6.07) is 1.82. The molecular weight excluding hydrogens is 296 g/mol. The highest BCUT2D eigenvalue weighted by Crippen LogP contribution is 2.45. The second kappa shape index (κ2) is 6.05. The average Bonchev–Trinajstić information content (AvgIpc) is 3.13. The summed E-state index contributed by atoms with van der Waals surface area (Å²) in [5.41, 5.74) is -0.142. The number of anilines is 1. The van der Waals surface area contributed by atoms with Crippen LogP contribution in [-0.4, -0.2) is 60.4 Å². The Labute approximate surface area is 135 Å². The summed E-state index contributed by atoms with van der Waals surface area (Å²) in [6.45, 7) is 4.28. The highest BCUT2D eigenvalue weighted by molar-refractivity contribution is 5.76. The van der Waals surface area contributed by atoms with Crippen LogP contribution < -0.4 is 4.90 Å². The molecule has 23 heavy (non-hydrogen) atoms. The highest BCUT2D eigenvalue weighted by Gasteiger charge is 2.52. The van der Waals surface area contributed by atoms with Gasteiger partial charge >= 0.3 is 0 Å². The Hall–Kier alpha value is -1.73. The molecule has 3 fully saturated rings. The quantitative estimate of drug-likeness (QED) is 0.824. The topological polar surface area (TPSA) is 67.8 Å². The van der Waals surface area contributed by atoms with Crippen molar-refractivity contribution in [1.82, 2.24) is 15.0 Å². The number of hydrogen-bond donors (Lipinski definition) is 0. The Morgan fingerprint density at radius 1 is 1.35 bits per heavy atom. The van der Waals surface area contributed by atoms with Gasteiger partial charge in [0.15, 0.2) is 0 Å². The van der Waals surface area contributed by atoms with E-state index in [2.05, 4.69) is 14.9 Å². The Kier molecular flexibility index (Phi) is 3.90. The van der Waals surface area contributed by atoms with E-state index >= 15 is 0 Å². The maximum atomic E-state index is 12.6. The first-order chi connectivity index (χ1) is 11.3. The molecule has 0 bridgehead atoms. The Balaban J connectivity index is 1.48. The van der Waals surface area contributed by atoms with Crippen LogP contribution in [0.4, 0.5) is 5.95 Å². The number of hydroxylamine groups is 2. The maximum Gasteiger partial charge on any atom is 0.246 e. The SMILES string of the molecule is O=C(C[C@]12COC[C@H]1CN(c1ncccn1)C2)N1CCCCO1. The Morgan fingerprint density at radius 2 is 2.22 bits per heavy atom. The fourth-order valence-corrected chi connectivity index (χ4v) is 3.87. The smallest absolute Gasteiger partial charge is 0.246 e. The number of aromatic nitrogens is 2. The molecule has 0 aliphatic carbocycles. The van der Waals surface area contributed by atoms with Crippen molar-refractivity contribution < 1.29 is 14.4 Å². The van der Waals surface area contributed by atoms with Gasteiger partial charge in [-0.3, -0.25) is 9.63 Å². The molecule has 7 nitrogen and oxygen atoms in total. The highest BCUT2D eigenvalue weighted by atomic mass is 16.7. The van der Waals surface area contributed by atoms with Gasteiger partial charge in [0, 0.05) is 49.8 Å². The number of amides is 1. The molecule has 0 N–H and O–H groups in total. The third-order valence-corrected chi connectivity index (χ3v) is 5.14.